The van der Waals surface area contributed by atoms with E-state index in [0.29, 0.717) is 5.92 Å². The Morgan fingerprint density at radius 2 is 2.00 bits per heavy atom. The largest absolute Gasteiger partial charge is 0.484 e. The molecule has 2 rings (SSSR count). The number of carbonyl (C=O) groups excluding carboxylic acids is 1. The van der Waals surface area contributed by atoms with Crippen LogP contribution in [0.2, 0.25) is 0 Å². The van der Waals surface area contributed by atoms with Gasteiger partial charge in [-0.25, -0.2) is 0 Å². The minimum absolute atomic E-state index is 0.00589. The lowest BCUT2D eigenvalue weighted by molar-refractivity contribution is -0.118. The number of amides is 1. The fraction of sp³-hybridized carbons (Fsp3) is 0.278. The molecule has 0 aliphatic carbocycles. The van der Waals surface area contributed by atoms with E-state index >= 15 is 0 Å². The number of hydrogen-bond acceptors (Lipinski definition) is 2. The molecule has 4 heteroatoms. The Kier molecular flexibility index (Phi) is 5.83. The molecule has 2 aromatic rings. The summed E-state index contributed by atoms with van der Waals surface area (Å²) < 4.78 is 6.65. The Morgan fingerprint density at radius 3 is 2.64 bits per heavy atom. The van der Waals surface area contributed by atoms with Crippen molar-refractivity contribution in [3.8, 4) is 5.75 Å². The second-order valence-electron chi connectivity index (χ2n) is 5.52. The van der Waals surface area contributed by atoms with Crippen LogP contribution in [0.4, 0.5) is 5.69 Å². The molecule has 2 aromatic carbocycles. The number of benzene rings is 2. The van der Waals surface area contributed by atoms with Gasteiger partial charge in [0.2, 0.25) is 0 Å². The molecule has 3 nitrogen and oxygen atoms in total. The molecule has 0 aliphatic heterocycles. The van der Waals surface area contributed by atoms with Crippen molar-refractivity contribution in [2.45, 2.75) is 26.7 Å². The summed E-state index contributed by atoms with van der Waals surface area (Å²) in [6, 6.07) is 13.6. The number of anilines is 1. The maximum atomic E-state index is 11.9. The number of carbonyl (C=O) groups is 1. The monoisotopic (exact) mass is 409 g/mol. The highest BCUT2D eigenvalue weighted by molar-refractivity contribution is 14.1. The number of halogens is 1. The van der Waals surface area contributed by atoms with Crippen LogP contribution in [-0.4, -0.2) is 12.5 Å². The molecule has 22 heavy (non-hydrogen) atoms. The van der Waals surface area contributed by atoms with Crippen LogP contribution in [-0.2, 0) is 4.79 Å². The van der Waals surface area contributed by atoms with Crippen LogP contribution < -0.4 is 10.1 Å². The maximum Gasteiger partial charge on any atom is 0.262 e. The Labute approximate surface area is 145 Å². The van der Waals surface area contributed by atoms with E-state index in [1.807, 2.05) is 36.4 Å². The van der Waals surface area contributed by atoms with Crippen LogP contribution >= 0.6 is 22.6 Å². The summed E-state index contributed by atoms with van der Waals surface area (Å²) in [4.78, 5) is 11.9. The number of rotatable bonds is 5. The van der Waals surface area contributed by atoms with Crippen LogP contribution in [0.1, 0.15) is 30.9 Å². The molecule has 0 aromatic heterocycles. The van der Waals surface area contributed by atoms with E-state index in [-0.39, 0.29) is 12.5 Å². The third kappa shape index (κ3) is 4.73. The van der Waals surface area contributed by atoms with Crippen LogP contribution in [0, 0.1) is 10.5 Å². The molecule has 0 saturated carbocycles. The molecule has 0 spiro atoms. The molecular formula is C18H20INO2. The maximum absolute atomic E-state index is 11.9. The third-order valence-electron chi connectivity index (χ3n) is 3.34. The van der Waals surface area contributed by atoms with Crippen molar-refractivity contribution in [2.24, 2.45) is 0 Å². The van der Waals surface area contributed by atoms with Gasteiger partial charge in [-0.05, 0) is 76.9 Å². The first-order chi connectivity index (χ1) is 10.5. The number of hydrogen-bond donors (Lipinski definition) is 1. The molecule has 116 valence electrons. The van der Waals surface area contributed by atoms with Gasteiger partial charge < -0.3 is 10.1 Å². The molecule has 0 saturated heterocycles. The summed E-state index contributed by atoms with van der Waals surface area (Å²) >= 11 is 2.21. The van der Waals surface area contributed by atoms with E-state index < -0.39 is 0 Å². The standard InChI is InChI=1S/C18H20INO2/c1-12(2)17-8-7-16(9-13(17)3)22-11-18(21)20-15-6-4-5-14(19)10-15/h4-10,12H,11H2,1-3H3,(H,20,21). The summed E-state index contributed by atoms with van der Waals surface area (Å²) in [5, 5.41) is 2.83. The van der Waals surface area contributed by atoms with Crippen molar-refractivity contribution in [3.63, 3.8) is 0 Å². The lowest BCUT2D eigenvalue weighted by Gasteiger charge is -2.12. The topological polar surface area (TPSA) is 38.3 Å². The Hall–Kier alpha value is -1.56. The number of nitrogens with one attached hydrogen (secondary N) is 1. The van der Waals surface area contributed by atoms with Gasteiger partial charge in [-0.2, -0.15) is 0 Å². The van der Waals surface area contributed by atoms with Crippen LogP contribution in [0.5, 0.6) is 5.75 Å². The van der Waals surface area contributed by atoms with Gasteiger partial charge in [0.05, 0.1) is 0 Å². The van der Waals surface area contributed by atoms with Gasteiger partial charge in [0.15, 0.2) is 6.61 Å². The highest BCUT2D eigenvalue weighted by Crippen LogP contribution is 2.23. The molecule has 0 bridgehead atoms. The van der Waals surface area contributed by atoms with Crippen molar-refractivity contribution >= 4 is 34.2 Å². The van der Waals surface area contributed by atoms with E-state index in [2.05, 4.69) is 54.7 Å². The highest BCUT2D eigenvalue weighted by Gasteiger charge is 2.07. The lowest BCUT2D eigenvalue weighted by Crippen LogP contribution is -2.20. The number of aryl methyl sites for hydroxylation is 1. The fourth-order valence-electron chi connectivity index (χ4n) is 2.30. The lowest BCUT2D eigenvalue weighted by atomic mass is 9.98. The van der Waals surface area contributed by atoms with Crippen LogP contribution in [0.3, 0.4) is 0 Å². The summed E-state index contributed by atoms with van der Waals surface area (Å²) in [5.74, 6) is 1.05. The summed E-state index contributed by atoms with van der Waals surface area (Å²) in [7, 11) is 0. The van der Waals surface area contributed by atoms with Gasteiger partial charge in [0.25, 0.3) is 5.91 Å². The van der Waals surface area contributed by atoms with Crippen molar-refractivity contribution in [3.05, 3.63) is 57.2 Å². The van der Waals surface area contributed by atoms with Gasteiger partial charge in [-0.1, -0.05) is 26.0 Å². The zero-order chi connectivity index (χ0) is 16.1. The van der Waals surface area contributed by atoms with E-state index in [1.165, 1.54) is 11.1 Å². The van der Waals surface area contributed by atoms with Gasteiger partial charge in [0.1, 0.15) is 5.75 Å². The third-order valence-corrected chi connectivity index (χ3v) is 4.01. The van der Waals surface area contributed by atoms with E-state index in [9.17, 15) is 4.79 Å². The van der Waals surface area contributed by atoms with Gasteiger partial charge in [0, 0.05) is 9.26 Å². The Morgan fingerprint density at radius 1 is 1.23 bits per heavy atom. The summed E-state index contributed by atoms with van der Waals surface area (Å²) in [6.45, 7) is 6.40. The van der Waals surface area contributed by atoms with Crippen molar-refractivity contribution < 1.29 is 9.53 Å². The predicted molar refractivity (Wildman–Crippen MR) is 98.6 cm³/mol. The minimum atomic E-state index is -0.160. The molecular weight excluding hydrogens is 389 g/mol. The smallest absolute Gasteiger partial charge is 0.262 e. The molecule has 0 atom stereocenters. The van der Waals surface area contributed by atoms with Gasteiger partial charge in [-0.15, -0.1) is 0 Å². The zero-order valence-corrected chi connectivity index (χ0v) is 15.2. The first-order valence-corrected chi connectivity index (χ1v) is 8.32. The first kappa shape index (κ1) is 16.8. The molecule has 1 N–H and O–H groups in total. The van der Waals surface area contributed by atoms with Crippen LogP contribution in [0.15, 0.2) is 42.5 Å². The predicted octanol–water partition coefficient (Wildman–Crippen LogP) is 4.74. The normalized spacial score (nSPS) is 10.6. The minimum Gasteiger partial charge on any atom is -0.484 e. The second-order valence-corrected chi connectivity index (χ2v) is 6.77. The Balaban J connectivity index is 1.92. The Bertz CT molecular complexity index is 668. The average Bonchev–Trinajstić information content (AvgIpc) is 2.45. The number of ether oxygens (including phenoxy) is 1. The molecule has 0 fully saturated rings. The van der Waals surface area contributed by atoms with E-state index in [1.54, 1.807) is 0 Å². The van der Waals surface area contributed by atoms with Crippen LogP contribution in [0.25, 0.3) is 0 Å². The molecule has 0 radical (unpaired) electrons. The first-order valence-electron chi connectivity index (χ1n) is 7.24. The van der Waals surface area contributed by atoms with Gasteiger partial charge >= 0.3 is 0 Å². The van der Waals surface area contributed by atoms with E-state index in [4.69, 9.17) is 4.74 Å². The molecule has 0 unspecified atom stereocenters. The fourth-order valence-corrected chi connectivity index (χ4v) is 2.84. The summed E-state index contributed by atoms with van der Waals surface area (Å²) in [6.07, 6.45) is 0. The summed E-state index contributed by atoms with van der Waals surface area (Å²) in [5.41, 5.74) is 3.27. The molecule has 0 heterocycles. The molecule has 0 aliphatic rings. The van der Waals surface area contributed by atoms with Crippen molar-refractivity contribution in [1.82, 2.24) is 0 Å². The highest BCUT2D eigenvalue weighted by atomic mass is 127. The SMILES string of the molecule is Cc1cc(OCC(=O)Nc2cccc(I)c2)ccc1C(C)C. The molecule has 1 amide bonds. The zero-order valence-electron chi connectivity index (χ0n) is 13.0. The van der Waals surface area contributed by atoms with Crippen molar-refractivity contribution in [1.29, 1.82) is 0 Å². The second kappa shape index (κ2) is 7.63. The average molecular weight is 409 g/mol. The van der Waals surface area contributed by atoms with Gasteiger partial charge in [-0.3, -0.25) is 4.79 Å². The van der Waals surface area contributed by atoms with E-state index in [0.717, 1.165) is 15.0 Å². The van der Waals surface area contributed by atoms with Crippen molar-refractivity contribution in [2.75, 3.05) is 11.9 Å². The quantitative estimate of drug-likeness (QED) is 0.725.